The van der Waals surface area contributed by atoms with Crippen molar-refractivity contribution >= 4 is 17.9 Å². The number of hydrogen-bond donors (Lipinski definition) is 0. The van der Waals surface area contributed by atoms with Gasteiger partial charge in [0.2, 0.25) is 0 Å². The molecule has 0 amide bonds. The molecule has 0 fully saturated rings. The standard InChI is InChI=1S/C27H18O6.Fe/c28-25(29)21-11-4-1-8-16(21)18-14-7-15-19(17-9-2-5-12-22(17)26(30)31)24(18)20-10-3-6-13-23(20)27(32)33;/h1-15H,(H,28,29)(H,30,31)(H,32,33);/q;+3/p-3. The number of carbonyl (C=O) groups is 3. The Labute approximate surface area is 205 Å². The van der Waals surface area contributed by atoms with Crippen LogP contribution in [0.25, 0.3) is 33.4 Å². The van der Waals surface area contributed by atoms with Gasteiger partial charge in [0.1, 0.15) is 0 Å². The zero-order valence-corrected chi connectivity index (χ0v) is 18.6. The molecule has 1 radical (unpaired) electrons. The molecule has 0 unspecified atom stereocenters. The topological polar surface area (TPSA) is 120 Å². The first-order valence-electron chi connectivity index (χ1n) is 9.95. The first-order chi connectivity index (χ1) is 15.9. The van der Waals surface area contributed by atoms with Crippen LogP contribution >= 0.6 is 0 Å². The quantitative estimate of drug-likeness (QED) is 0.379. The molecule has 34 heavy (non-hydrogen) atoms. The van der Waals surface area contributed by atoms with E-state index < -0.39 is 17.9 Å². The predicted molar refractivity (Wildman–Crippen MR) is 116 cm³/mol. The second kappa shape index (κ2) is 10.2. The summed E-state index contributed by atoms with van der Waals surface area (Å²) in [5, 5.41) is 35.6. The van der Waals surface area contributed by atoms with Gasteiger partial charge in [-0.2, -0.15) is 0 Å². The molecule has 0 bridgehead atoms. The fraction of sp³-hybridized carbons (Fsp3) is 0. The number of carboxylic acids is 3. The minimum absolute atomic E-state index is 0. The van der Waals surface area contributed by atoms with Crippen LogP contribution in [0.4, 0.5) is 0 Å². The molecular formula is C27H15FeO6. The second-order valence-corrected chi connectivity index (χ2v) is 7.23. The molecule has 0 aliphatic rings. The van der Waals surface area contributed by atoms with Crippen molar-refractivity contribution < 1.29 is 46.8 Å². The molecule has 0 aliphatic heterocycles. The van der Waals surface area contributed by atoms with Crippen LogP contribution in [0.15, 0.2) is 91.0 Å². The molecule has 4 aromatic carbocycles. The van der Waals surface area contributed by atoms with Gasteiger partial charge in [-0.25, -0.2) is 0 Å². The van der Waals surface area contributed by atoms with Gasteiger partial charge in [0, 0.05) is 16.7 Å². The Bertz CT molecular complexity index is 1330. The molecule has 0 saturated carbocycles. The maximum absolute atomic E-state index is 11.9. The maximum Gasteiger partial charge on any atom is 3.00 e. The van der Waals surface area contributed by atoms with Crippen LogP contribution in [0.5, 0.6) is 0 Å². The summed E-state index contributed by atoms with van der Waals surface area (Å²) >= 11 is 0. The number of benzene rings is 4. The van der Waals surface area contributed by atoms with Crippen molar-refractivity contribution in [2.24, 2.45) is 0 Å². The van der Waals surface area contributed by atoms with Gasteiger partial charge >= 0.3 is 17.1 Å². The van der Waals surface area contributed by atoms with E-state index in [0.717, 1.165) is 0 Å². The van der Waals surface area contributed by atoms with Crippen LogP contribution in [0, 0.1) is 0 Å². The van der Waals surface area contributed by atoms with Crippen LogP contribution < -0.4 is 15.3 Å². The van der Waals surface area contributed by atoms with Crippen molar-refractivity contribution in [3.8, 4) is 33.4 Å². The zero-order valence-electron chi connectivity index (χ0n) is 17.5. The van der Waals surface area contributed by atoms with Crippen LogP contribution in [0.1, 0.15) is 31.1 Å². The van der Waals surface area contributed by atoms with Gasteiger partial charge in [0.25, 0.3) is 0 Å². The predicted octanol–water partition coefficient (Wildman–Crippen LogP) is 1.78. The molecule has 0 heterocycles. The van der Waals surface area contributed by atoms with Crippen molar-refractivity contribution in [1.82, 2.24) is 0 Å². The number of aromatic carboxylic acids is 3. The molecule has 7 heteroatoms. The van der Waals surface area contributed by atoms with E-state index in [1.807, 2.05) is 0 Å². The van der Waals surface area contributed by atoms with Gasteiger partial charge in [-0.3, -0.25) is 0 Å². The minimum Gasteiger partial charge on any atom is -0.545 e. The van der Waals surface area contributed by atoms with Crippen LogP contribution in [0.3, 0.4) is 0 Å². The number of carboxylic acid groups (broad SMARTS) is 3. The maximum atomic E-state index is 11.9. The van der Waals surface area contributed by atoms with Crippen molar-refractivity contribution in [2.75, 3.05) is 0 Å². The Morgan fingerprint density at radius 3 is 1.09 bits per heavy atom. The van der Waals surface area contributed by atoms with Gasteiger partial charge in [-0.05, 0) is 33.4 Å². The fourth-order valence-electron chi connectivity index (χ4n) is 3.96. The summed E-state index contributed by atoms with van der Waals surface area (Å²) < 4.78 is 0. The van der Waals surface area contributed by atoms with Crippen molar-refractivity contribution in [3.05, 3.63) is 108 Å². The summed E-state index contributed by atoms with van der Waals surface area (Å²) in [5.41, 5.74) is 1.70. The fourth-order valence-corrected chi connectivity index (χ4v) is 3.96. The molecule has 4 aromatic rings. The smallest absolute Gasteiger partial charge is 0.545 e. The molecule has 0 aliphatic carbocycles. The molecule has 0 atom stereocenters. The van der Waals surface area contributed by atoms with E-state index in [0.29, 0.717) is 27.8 Å². The summed E-state index contributed by atoms with van der Waals surface area (Å²) in [5.74, 6) is -4.22. The minimum atomic E-state index is -1.42. The third-order valence-corrected chi connectivity index (χ3v) is 5.36. The Hall–Kier alpha value is -4.19. The van der Waals surface area contributed by atoms with Gasteiger partial charge < -0.3 is 29.7 Å². The molecule has 6 nitrogen and oxygen atoms in total. The number of carbonyl (C=O) groups excluding carboxylic acids is 3. The van der Waals surface area contributed by atoms with Gasteiger partial charge in [-0.15, -0.1) is 0 Å². The molecular weight excluding hydrogens is 476 g/mol. The number of rotatable bonds is 6. The summed E-state index contributed by atoms with van der Waals surface area (Å²) in [7, 11) is 0. The molecule has 0 saturated heterocycles. The average Bonchev–Trinajstić information content (AvgIpc) is 2.83. The van der Waals surface area contributed by atoms with Crippen LogP contribution in [0.2, 0.25) is 0 Å². The molecule has 0 N–H and O–H groups in total. The van der Waals surface area contributed by atoms with Crippen molar-refractivity contribution in [1.29, 1.82) is 0 Å². The molecule has 167 valence electrons. The summed E-state index contributed by atoms with van der Waals surface area (Å²) in [6.07, 6.45) is 0. The number of hydrogen-bond acceptors (Lipinski definition) is 6. The van der Waals surface area contributed by atoms with Gasteiger partial charge in [0.15, 0.2) is 0 Å². The summed E-state index contributed by atoms with van der Waals surface area (Å²) in [6.45, 7) is 0. The van der Waals surface area contributed by atoms with Crippen molar-refractivity contribution in [3.63, 3.8) is 0 Å². The average molecular weight is 491 g/mol. The summed E-state index contributed by atoms with van der Waals surface area (Å²) in [6, 6.07) is 23.4. The van der Waals surface area contributed by atoms with E-state index >= 15 is 0 Å². The monoisotopic (exact) mass is 491 g/mol. The van der Waals surface area contributed by atoms with E-state index in [2.05, 4.69) is 0 Å². The Kier molecular flexibility index (Phi) is 7.31. The van der Waals surface area contributed by atoms with Crippen molar-refractivity contribution in [2.45, 2.75) is 0 Å². The molecule has 0 spiro atoms. The van der Waals surface area contributed by atoms with E-state index in [1.165, 1.54) is 18.2 Å². The van der Waals surface area contributed by atoms with Gasteiger partial charge in [-0.1, -0.05) is 91.0 Å². The second-order valence-electron chi connectivity index (χ2n) is 7.23. The van der Waals surface area contributed by atoms with E-state index in [4.69, 9.17) is 0 Å². The normalized spacial score (nSPS) is 10.2. The van der Waals surface area contributed by atoms with Crippen LogP contribution in [-0.4, -0.2) is 17.9 Å². The van der Waals surface area contributed by atoms with E-state index in [-0.39, 0.29) is 39.3 Å². The Morgan fingerprint density at radius 1 is 0.412 bits per heavy atom. The van der Waals surface area contributed by atoms with E-state index in [1.54, 1.807) is 72.8 Å². The largest absolute Gasteiger partial charge is 3.00 e. The summed E-state index contributed by atoms with van der Waals surface area (Å²) in [4.78, 5) is 35.6. The van der Waals surface area contributed by atoms with Gasteiger partial charge in [0.05, 0.1) is 17.9 Å². The Morgan fingerprint density at radius 2 is 0.706 bits per heavy atom. The third kappa shape index (κ3) is 4.48. The third-order valence-electron chi connectivity index (χ3n) is 5.36. The van der Waals surface area contributed by atoms with Crippen LogP contribution in [-0.2, 0) is 17.1 Å². The first-order valence-corrected chi connectivity index (χ1v) is 9.95. The SMILES string of the molecule is O=C([O-])c1ccccc1-c1cccc(-c2ccccc2C(=O)[O-])c1-c1ccccc1C(=O)[O-].[Fe+3]. The Balaban J connectivity index is 0.00000324. The first kappa shape index (κ1) is 24.5. The zero-order chi connectivity index (χ0) is 23.5. The van der Waals surface area contributed by atoms with E-state index in [9.17, 15) is 29.7 Å². The molecule has 4 rings (SSSR count). The molecule has 0 aromatic heterocycles.